The zero-order valence-corrected chi connectivity index (χ0v) is 14.4. The predicted molar refractivity (Wildman–Crippen MR) is 91.5 cm³/mol. The molecule has 0 aliphatic heterocycles. The molecule has 1 aromatic carbocycles. The van der Waals surface area contributed by atoms with E-state index >= 15 is 0 Å². The fourth-order valence-electron chi connectivity index (χ4n) is 2.04. The number of hydrogen-bond acceptors (Lipinski definition) is 7. The second-order valence-electron chi connectivity index (χ2n) is 5.71. The normalized spacial score (nSPS) is 12.2. The highest BCUT2D eigenvalue weighted by molar-refractivity contribution is 5.33. The molecule has 0 saturated heterocycles. The van der Waals surface area contributed by atoms with Crippen molar-refractivity contribution in [3.05, 3.63) is 35.9 Å². The van der Waals surface area contributed by atoms with Crippen molar-refractivity contribution in [3.8, 4) is 5.75 Å². The number of benzene rings is 1. The fourth-order valence-corrected chi connectivity index (χ4v) is 2.04. The Labute approximate surface area is 141 Å². The van der Waals surface area contributed by atoms with Crippen molar-refractivity contribution >= 4 is 11.9 Å². The summed E-state index contributed by atoms with van der Waals surface area (Å²) in [5, 5.41) is 0. The van der Waals surface area contributed by atoms with Crippen LogP contribution in [0.25, 0.3) is 0 Å². The summed E-state index contributed by atoms with van der Waals surface area (Å²) >= 11 is 0. The molecule has 0 fully saturated rings. The molecule has 0 aliphatic carbocycles. The van der Waals surface area contributed by atoms with Crippen LogP contribution in [0.4, 0.5) is 16.3 Å². The third-order valence-corrected chi connectivity index (χ3v) is 3.60. The van der Waals surface area contributed by atoms with Gasteiger partial charge < -0.3 is 15.4 Å². The van der Waals surface area contributed by atoms with E-state index in [0.29, 0.717) is 30.7 Å². The average Bonchev–Trinajstić information content (AvgIpc) is 2.53. The highest BCUT2D eigenvalue weighted by Gasteiger charge is 2.17. The lowest BCUT2D eigenvalue weighted by Gasteiger charge is -2.24. The molecule has 0 spiro atoms. The van der Waals surface area contributed by atoms with Gasteiger partial charge in [0.25, 0.3) is 0 Å². The maximum absolute atomic E-state index is 13.1. The zero-order valence-electron chi connectivity index (χ0n) is 14.4. The van der Waals surface area contributed by atoms with Gasteiger partial charge in [0, 0.05) is 26.7 Å². The molecule has 0 saturated carbocycles. The topological polar surface area (TPSA) is 80.4 Å². The van der Waals surface area contributed by atoms with Crippen LogP contribution >= 0.6 is 0 Å². The van der Waals surface area contributed by atoms with Crippen molar-refractivity contribution in [2.24, 2.45) is 0 Å². The third-order valence-electron chi connectivity index (χ3n) is 3.60. The Morgan fingerprint density at radius 1 is 1.21 bits per heavy atom. The van der Waals surface area contributed by atoms with Gasteiger partial charge >= 0.3 is 0 Å². The number of nitrogen functional groups attached to an aromatic ring is 1. The molecule has 0 amide bonds. The van der Waals surface area contributed by atoms with Crippen LogP contribution in [0.2, 0.25) is 0 Å². The molecule has 130 valence electrons. The van der Waals surface area contributed by atoms with E-state index in [1.54, 1.807) is 17.0 Å². The largest absolute Gasteiger partial charge is 0.492 e. The molecule has 0 aliphatic rings. The molecule has 7 nitrogen and oxygen atoms in total. The summed E-state index contributed by atoms with van der Waals surface area (Å²) in [5.74, 6) is 1.51. The van der Waals surface area contributed by atoms with Crippen molar-refractivity contribution in [1.82, 2.24) is 19.9 Å². The lowest BCUT2D eigenvalue weighted by Crippen LogP contribution is -2.29. The minimum atomic E-state index is -0.314. The van der Waals surface area contributed by atoms with E-state index in [0.717, 1.165) is 0 Å². The minimum Gasteiger partial charge on any atom is -0.492 e. The molecule has 8 heteroatoms. The molecular weight excluding hydrogens is 311 g/mol. The lowest BCUT2D eigenvalue weighted by atomic mass is 10.3. The molecule has 2 rings (SSSR count). The number of rotatable bonds is 7. The second-order valence-corrected chi connectivity index (χ2v) is 5.71. The smallest absolute Gasteiger partial charge is 0.229 e. The monoisotopic (exact) mass is 334 g/mol. The van der Waals surface area contributed by atoms with Gasteiger partial charge in [-0.25, -0.2) is 4.39 Å². The summed E-state index contributed by atoms with van der Waals surface area (Å²) < 4.78 is 18.7. The predicted octanol–water partition coefficient (Wildman–Crippen LogP) is 1.73. The molecule has 1 atom stereocenters. The zero-order chi connectivity index (χ0) is 17.7. The summed E-state index contributed by atoms with van der Waals surface area (Å²) in [6.07, 6.45) is 0. The van der Waals surface area contributed by atoms with Crippen LogP contribution in [0.15, 0.2) is 24.3 Å². The molecule has 24 heavy (non-hydrogen) atoms. The van der Waals surface area contributed by atoms with E-state index in [2.05, 4.69) is 15.0 Å². The maximum Gasteiger partial charge on any atom is 0.229 e. The average molecular weight is 334 g/mol. The number of hydrogen-bond donors (Lipinski definition) is 1. The summed E-state index contributed by atoms with van der Waals surface area (Å²) in [4.78, 5) is 16.5. The third kappa shape index (κ3) is 4.76. The Morgan fingerprint density at radius 3 is 2.62 bits per heavy atom. The van der Waals surface area contributed by atoms with Gasteiger partial charge in [-0.3, -0.25) is 4.90 Å². The van der Waals surface area contributed by atoms with Gasteiger partial charge in [0.1, 0.15) is 18.2 Å². The van der Waals surface area contributed by atoms with Gasteiger partial charge in [-0.2, -0.15) is 15.0 Å². The number of nitrogens with zero attached hydrogens (tertiary/aromatic N) is 5. The Hall–Kier alpha value is -2.48. The summed E-state index contributed by atoms with van der Waals surface area (Å²) in [6, 6.07) is 6.02. The molecule has 1 aromatic heterocycles. The quantitative estimate of drug-likeness (QED) is 0.826. The Kier molecular flexibility index (Phi) is 5.86. The van der Waals surface area contributed by atoms with Gasteiger partial charge in [0.05, 0.1) is 6.04 Å². The lowest BCUT2D eigenvalue weighted by molar-refractivity contribution is 0.195. The number of ether oxygens (including phenoxy) is 1. The first-order chi connectivity index (χ1) is 11.4. The van der Waals surface area contributed by atoms with Crippen LogP contribution in [0.1, 0.15) is 18.8 Å². The van der Waals surface area contributed by atoms with E-state index < -0.39 is 0 Å². The van der Waals surface area contributed by atoms with Crippen molar-refractivity contribution in [2.75, 3.05) is 44.9 Å². The molecule has 0 radical (unpaired) electrons. The van der Waals surface area contributed by atoms with Gasteiger partial charge in [0.15, 0.2) is 5.82 Å². The van der Waals surface area contributed by atoms with Crippen LogP contribution < -0.4 is 15.4 Å². The van der Waals surface area contributed by atoms with Crippen molar-refractivity contribution in [2.45, 2.75) is 13.0 Å². The number of nitrogens with two attached hydrogens (primary N) is 1. The summed E-state index contributed by atoms with van der Waals surface area (Å²) in [7, 11) is 5.63. The Balaban J connectivity index is 1.95. The molecular formula is C16H23FN6O. The van der Waals surface area contributed by atoms with E-state index in [4.69, 9.17) is 10.5 Å². The van der Waals surface area contributed by atoms with Crippen LogP contribution in [-0.2, 0) is 0 Å². The molecule has 2 N–H and O–H groups in total. The highest BCUT2D eigenvalue weighted by Crippen LogP contribution is 2.18. The minimum absolute atomic E-state index is 0.0647. The number of aromatic nitrogens is 3. The van der Waals surface area contributed by atoms with Crippen molar-refractivity contribution in [1.29, 1.82) is 0 Å². The number of likely N-dealkylation sites (N-methyl/N-ethyl adjacent to an activating group) is 1. The molecule has 2 aromatic rings. The van der Waals surface area contributed by atoms with E-state index in [9.17, 15) is 4.39 Å². The maximum atomic E-state index is 13.1. The molecule has 1 unspecified atom stereocenters. The van der Waals surface area contributed by atoms with E-state index in [-0.39, 0.29) is 17.8 Å². The van der Waals surface area contributed by atoms with Gasteiger partial charge in [0.2, 0.25) is 11.9 Å². The van der Waals surface area contributed by atoms with E-state index in [1.165, 1.54) is 12.1 Å². The number of halogens is 1. The SMILES string of the molecule is CC(c1nc(N)nc(N(C)C)n1)N(C)CCOc1cccc(F)c1. The van der Waals surface area contributed by atoms with Crippen LogP contribution in [0.3, 0.4) is 0 Å². The first-order valence-corrected chi connectivity index (χ1v) is 7.64. The Bertz CT molecular complexity index is 681. The standard InChI is InChI=1S/C16H23FN6O/c1-11(14-19-15(18)21-16(20-14)22(2)3)23(4)8-9-24-13-7-5-6-12(17)10-13/h5-7,10-11H,8-9H2,1-4H3,(H2,18,19,20,21). The van der Waals surface area contributed by atoms with Crippen LogP contribution in [0, 0.1) is 5.82 Å². The van der Waals surface area contributed by atoms with Crippen LogP contribution in [-0.4, -0.2) is 54.1 Å². The summed E-state index contributed by atoms with van der Waals surface area (Å²) in [5.41, 5.74) is 5.76. The van der Waals surface area contributed by atoms with Crippen molar-refractivity contribution < 1.29 is 9.13 Å². The fraction of sp³-hybridized carbons (Fsp3) is 0.438. The van der Waals surface area contributed by atoms with Crippen LogP contribution in [0.5, 0.6) is 5.75 Å². The molecule has 1 heterocycles. The van der Waals surface area contributed by atoms with Crippen molar-refractivity contribution in [3.63, 3.8) is 0 Å². The molecule has 0 bridgehead atoms. The van der Waals surface area contributed by atoms with Gasteiger partial charge in [-0.05, 0) is 26.1 Å². The summed E-state index contributed by atoms with van der Waals surface area (Å²) in [6.45, 7) is 3.03. The first-order valence-electron chi connectivity index (χ1n) is 7.64. The number of anilines is 2. The van der Waals surface area contributed by atoms with E-state index in [1.807, 2.05) is 33.0 Å². The Morgan fingerprint density at radius 2 is 1.96 bits per heavy atom. The highest BCUT2D eigenvalue weighted by atomic mass is 19.1. The van der Waals surface area contributed by atoms with Gasteiger partial charge in [-0.15, -0.1) is 0 Å². The second kappa shape index (κ2) is 7.87. The van der Waals surface area contributed by atoms with Gasteiger partial charge in [-0.1, -0.05) is 6.07 Å². The first kappa shape index (κ1) is 17.9.